The van der Waals surface area contributed by atoms with Crippen molar-refractivity contribution in [3.05, 3.63) is 53.1 Å². The van der Waals surface area contributed by atoms with Gasteiger partial charge in [0.1, 0.15) is 18.3 Å². The van der Waals surface area contributed by atoms with Gasteiger partial charge in [-0.25, -0.2) is 9.37 Å². The highest BCUT2D eigenvalue weighted by molar-refractivity contribution is 7.51. The van der Waals surface area contributed by atoms with Crippen molar-refractivity contribution in [2.45, 2.75) is 62.1 Å². The first-order chi connectivity index (χ1) is 20.1. The molecular weight excluding hydrogens is 586 g/mol. The standard InChI is InChI=1S/C28H30FN4O7PS/c29-24(41(37,38)39)14-1-4-22-17(7-14)11-23(42-22)25(34)31-20-10-16-8-15(16)9-19-2-3-21(33(19)27(20)35)28(36)32-12-18(13-32)26-30-5-6-40-26/h1,4-7,11,15-16,18-21,24H,2-3,8-10,12-13H2,(H,31,34)(H2,37,38,39)/t15-,16+,19-,20+,21+,24?/m1/s1. The van der Waals surface area contributed by atoms with Gasteiger partial charge >= 0.3 is 7.60 Å². The van der Waals surface area contributed by atoms with Gasteiger partial charge in [-0.1, -0.05) is 6.07 Å². The van der Waals surface area contributed by atoms with Crippen molar-refractivity contribution in [2.24, 2.45) is 11.8 Å². The maximum atomic E-state index is 14.2. The van der Waals surface area contributed by atoms with Gasteiger partial charge in [0.25, 0.3) is 5.91 Å². The molecule has 0 spiro atoms. The van der Waals surface area contributed by atoms with Crippen molar-refractivity contribution in [1.29, 1.82) is 0 Å². The van der Waals surface area contributed by atoms with Crippen molar-refractivity contribution < 1.29 is 37.5 Å². The number of carbonyl (C=O) groups is 3. The molecule has 3 N–H and O–H groups in total. The number of benzene rings is 1. The number of hydrogen-bond acceptors (Lipinski definition) is 7. The molecule has 3 aromatic rings. The Hall–Kier alpha value is -3.12. The Morgan fingerprint density at radius 2 is 1.93 bits per heavy atom. The molecule has 1 unspecified atom stereocenters. The third-order valence-electron chi connectivity index (χ3n) is 9.16. The van der Waals surface area contributed by atoms with Crippen LogP contribution in [0.2, 0.25) is 0 Å². The maximum absolute atomic E-state index is 14.2. The van der Waals surface area contributed by atoms with E-state index in [9.17, 15) is 33.1 Å². The lowest BCUT2D eigenvalue weighted by Crippen LogP contribution is -2.59. The van der Waals surface area contributed by atoms with Gasteiger partial charge in [-0.05, 0) is 73.1 Å². The van der Waals surface area contributed by atoms with Crippen LogP contribution in [0.15, 0.2) is 41.1 Å². The molecule has 1 aliphatic carbocycles. The average Bonchev–Trinajstić information content (AvgIpc) is 3.33. The minimum atomic E-state index is -4.97. The van der Waals surface area contributed by atoms with Crippen LogP contribution in [0.3, 0.4) is 0 Å². The lowest BCUT2D eigenvalue weighted by molar-refractivity contribution is -0.150. The molecule has 11 nitrogen and oxygen atoms in total. The van der Waals surface area contributed by atoms with Crippen LogP contribution in [0.4, 0.5) is 4.39 Å². The molecule has 1 aromatic carbocycles. The van der Waals surface area contributed by atoms with Crippen LogP contribution in [0.1, 0.15) is 65.1 Å². The second-order valence-corrected chi connectivity index (χ2v) is 14.6. The molecule has 3 saturated heterocycles. The molecule has 42 heavy (non-hydrogen) atoms. The molecule has 5 heterocycles. The van der Waals surface area contributed by atoms with Gasteiger partial charge < -0.3 is 29.3 Å². The summed E-state index contributed by atoms with van der Waals surface area (Å²) in [5.74, 6) is -1.72. The van der Waals surface area contributed by atoms with Crippen LogP contribution in [-0.2, 0) is 14.2 Å². The Labute approximate surface area is 244 Å². The first-order valence-electron chi connectivity index (χ1n) is 14.1. The summed E-state index contributed by atoms with van der Waals surface area (Å²) in [6.07, 6.45) is 6.84. The minimum absolute atomic E-state index is 0.0321. The molecule has 4 fully saturated rings. The lowest BCUT2D eigenvalue weighted by Gasteiger charge is -2.42. The number of halogens is 1. The topological polar surface area (TPSA) is 153 Å². The number of alkyl halides is 1. The number of carbonyl (C=O) groups excluding carboxylic acids is 3. The molecule has 222 valence electrons. The second-order valence-electron chi connectivity index (χ2n) is 11.9. The molecule has 3 amide bonds. The van der Waals surface area contributed by atoms with Crippen LogP contribution in [-0.4, -0.2) is 73.5 Å². The Morgan fingerprint density at radius 3 is 2.67 bits per heavy atom. The summed E-state index contributed by atoms with van der Waals surface area (Å²) in [5, 5.41) is 3.40. The van der Waals surface area contributed by atoms with Gasteiger partial charge in [0.2, 0.25) is 23.6 Å². The van der Waals surface area contributed by atoms with E-state index in [1.807, 2.05) is 0 Å². The van der Waals surface area contributed by atoms with Gasteiger partial charge in [0.05, 0.1) is 17.0 Å². The number of rotatable bonds is 6. The third-order valence-corrected chi connectivity index (χ3v) is 11.2. The number of nitrogens with zero attached hydrogens (tertiary/aromatic N) is 3. The minimum Gasteiger partial charge on any atom is -0.449 e. The van der Waals surface area contributed by atoms with E-state index < -0.39 is 31.5 Å². The zero-order chi connectivity index (χ0) is 29.3. The van der Waals surface area contributed by atoms with E-state index >= 15 is 0 Å². The maximum Gasteiger partial charge on any atom is 0.363 e. The molecule has 4 aliphatic rings. The molecule has 3 aliphatic heterocycles. The Kier molecular flexibility index (Phi) is 6.76. The summed E-state index contributed by atoms with van der Waals surface area (Å²) < 4.78 is 31.6. The second kappa shape index (κ2) is 10.3. The predicted octanol–water partition coefficient (Wildman–Crippen LogP) is 3.55. The number of fused-ring (bicyclic) bond motifs is 3. The predicted molar refractivity (Wildman–Crippen MR) is 149 cm³/mol. The number of aromatic nitrogens is 1. The number of oxazole rings is 1. The molecule has 14 heteroatoms. The Bertz CT molecular complexity index is 1600. The van der Waals surface area contributed by atoms with Gasteiger partial charge in [0.15, 0.2) is 0 Å². The summed E-state index contributed by atoms with van der Waals surface area (Å²) in [7, 11) is -4.97. The van der Waals surface area contributed by atoms with Crippen molar-refractivity contribution in [3.8, 4) is 0 Å². The van der Waals surface area contributed by atoms with Crippen molar-refractivity contribution in [1.82, 2.24) is 20.1 Å². The highest BCUT2D eigenvalue weighted by Gasteiger charge is 2.52. The zero-order valence-corrected chi connectivity index (χ0v) is 24.2. The molecule has 0 bridgehead atoms. The highest BCUT2D eigenvalue weighted by Crippen LogP contribution is 2.53. The first kappa shape index (κ1) is 27.7. The molecule has 1 saturated carbocycles. The smallest absolute Gasteiger partial charge is 0.363 e. The van der Waals surface area contributed by atoms with E-state index in [0.717, 1.165) is 30.6 Å². The van der Waals surface area contributed by atoms with Gasteiger partial charge in [0, 0.05) is 23.8 Å². The fraction of sp³-hybridized carbons (Fsp3) is 0.500. The number of likely N-dealkylation sites (tertiary alicyclic amines) is 1. The number of nitrogens with one attached hydrogen (secondary N) is 1. The van der Waals surface area contributed by atoms with E-state index in [0.29, 0.717) is 58.6 Å². The van der Waals surface area contributed by atoms with Crippen molar-refractivity contribution in [3.63, 3.8) is 0 Å². The quantitative estimate of drug-likeness (QED) is 0.356. The molecule has 0 radical (unpaired) electrons. The van der Waals surface area contributed by atoms with Gasteiger partial charge in [-0.15, -0.1) is 11.3 Å². The number of amides is 3. The molecular formula is C28H30FN4O7PS. The average molecular weight is 617 g/mol. The fourth-order valence-electron chi connectivity index (χ4n) is 6.84. The van der Waals surface area contributed by atoms with E-state index in [1.54, 1.807) is 16.0 Å². The van der Waals surface area contributed by atoms with E-state index in [4.69, 9.17) is 4.42 Å². The zero-order valence-electron chi connectivity index (χ0n) is 22.5. The number of thiophene rings is 1. The van der Waals surface area contributed by atoms with Crippen LogP contribution >= 0.6 is 18.9 Å². The third kappa shape index (κ3) is 4.96. The van der Waals surface area contributed by atoms with E-state index in [-0.39, 0.29) is 29.3 Å². The Balaban J connectivity index is 1.08. The number of hydrogen-bond donors (Lipinski definition) is 3. The lowest BCUT2D eigenvalue weighted by atomic mass is 9.97. The van der Waals surface area contributed by atoms with Gasteiger partial charge in [-0.3, -0.25) is 18.9 Å². The van der Waals surface area contributed by atoms with Crippen molar-refractivity contribution in [2.75, 3.05) is 13.1 Å². The van der Waals surface area contributed by atoms with Crippen LogP contribution in [0.5, 0.6) is 0 Å². The summed E-state index contributed by atoms with van der Waals surface area (Å²) in [5.41, 5.74) is -0.166. The SMILES string of the molecule is O=C(N[C@H]1C[C@@H]2C[C@@H]2C[C@H]2CC[C@@H](C(=O)N3CC(c4ncco4)C3)N2C1=O)c1cc2cc(C(F)P(=O)(O)O)ccc2s1. The van der Waals surface area contributed by atoms with Crippen molar-refractivity contribution >= 4 is 46.7 Å². The van der Waals surface area contributed by atoms with Crippen LogP contribution in [0.25, 0.3) is 10.1 Å². The molecule has 2 aromatic heterocycles. The van der Waals surface area contributed by atoms with Gasteiger partial charge in [-0.2, -0.15) is 0 Å². The first-order valence-corrected chi connectivity index (χ1v) is 16.6. The fourth-order valence-corrected chi connectivity index (χ4v) is 8.33. The summed E-state index contributed by atoms with van der Waals surface area (Å²) >= 11 is 1.15. The monoisotopic (exact) mass is 616 g/mol. The van der Waals surface area contributed by atoms with E-state index in [2.05, 4.69) is 10.3 Å². The largest absolute Gasteiger partial charge is 0.449 e. The molecule has 7 rings (SSSR count). The van der Waals surface area contributed by atoms with Crippen LogP contribution in [0, 0.1) is 11.8 Å². The highest BCUT2D eigenvalue weighted by atomic mass is 32.1. The van der Waals surface area contributed by atoms with Crippen LogP contribution < -0.4 is 5.32 Å². The Morgan fingerprint density at radius 1 is 1.14 bits per heavy atom. The summed E-state index contributed by atoms with van der Waals surface area (Å²) in [4.78, 5) is 67.3. The summed E-state index contributed by atoms with van der Waals surface area (Å²) in [6.45, 7) is 0.997. The summed E-state index contributed by atoms with van der Waals surface area (Å²) in [6, 6.07) is 4.32. The molecule has 6 atom stereocenters. The normalized spacial score (nSPS) is 28.5. The van der Waals surface area contributed by atoms with E-state index in [1.165, 1.54) is 30.5 Å².